The fourth-order valence-corrected chi connectivity index (χ4v) is 13.7. The number of carboxylic acids is 4. The van der Waals surface area contributed by atoms with Gasteiger partial charge in [0.2, 0.25) is 0 Å². The van der Waals surface area contributed by atoms with Crippen molar-refractivity contribution in [3.8, 4) is 44.5 Å². The predicted octanol–water partition coefficient (Wildman–Crippen LogP) is 22.9. The fraction of sp³-hybridized carbons (Fsp3) is 0.116. The molecule has 12 nitrogen and oxygen atoms in total. The Balaban J connectivity index is 0.000000198. The van der Waals surface area contributed by atoms with Crippen LogP contribution in [-0.2, 0) is 19.2 Å². The van der Waals surface area contributed by atoms with E-state index < -0.39 is 41.6 Å². The van der Waals surface area contributed by atoms with E-state index in [1.165, 1.54) is 35.3 Å². The van der Waals surface area contributed by atoms with E-state index in [1.54, 1.807) is 60.7 Å². The van der Waals surface area contributed by atoms with Crippen LogP contribution in [0.15, 0.2) is 312 Å². The van der Waals surface area contributed by atoms with Gasteiger partial charge >= 0.3 is 23.9 Å². The maximum absolute atomic E-state index is 12.6. The van der Waals surface area contributed by atoms with Gasteiger partial charge in [-0.15, -0.1) is 47.7 Å². The van der Waals surface area contributed by atoms with Crippen LogP contribution in [0.1, 0.15) is 67.1 Å². The molecule has 11 aromatic rings. The minimum Gasteiger partial charge on any atom is -0.481 e. The Labute approximate surface area is 654 Å². The second kappa shape index (κ2) is 43.0. The Kier molecular flexibility index (Phi) is 33.9. The molecule has 540 valence electrons. The van der Waals surface area contributed by atoms with Gasteiger partial charge in [0.25, 0.3) is 0 Å². The molecule has 11 aromatic carbocycles. The molecule has 0 fully saturated rings. The van der Waals surface area contributed by atoms with Gasteiger partial charge in [-0.3, -0.25) is 33.6 Å². The number of Topliss-reactive ketones (excluding diaryl/α,β-unsaturated/α-hetero) is 4. The minimum atomic E-state index is -1.15. The molecular weight excluding hydrogens is 1500 g/mol. The van der Waals surface area contributed by atoms with Crippen LogP contribution in [0.25, 0.3) is 44.5 Å². The lowest BCUT2D eigenvalue weighted by molar-refractivity contribution is -0.141. The van der Waals surface area contributed by atoms with Gasteiger partial charge in [-0.25, -0.2) is 4.79 Å². The van der Waals surface area contributed by atoms with Gasteiger partial charge in [0.15, 0.2) is 23.1 Å². The molecule has 0 saturated carbocycles. The van der Waals surface area contributed by atoms with Gasteiger partial charge in [0, 0.05) is 106 Å². The molecule has 0 spiro atoms. The molecule has 0 aliphatic carbocycles. The normalized spacial score (nSPS) is 11.3. The van der Waals surface area contributed by atoms with Crippen molar-refractivity contribution in [1.29, 1.82) is 0 Å². The predicted molar refractivity (Wildman–Crippen MR) is 432 cm³/mol. The SMILES string of the molecule is C=C(CC(=O)c1ccc(-c2ccc(Cl)cc2)cc1)C(=O)O.Cl.O=C(CC(CSc1ccccc1)C(=O)O)c1ccc(-c2ccc(Cl)cc2)cc1.O=C(CC(CSc1ccccc1)C(=O)O)c1ccc(-c2ccc(Cl)cc2)cc1.O=C(CC(CSc1ccccc1)C(=O)O)c1ccc(-c2ccc(Cl)cc2)cc1. The maximum atomic E-state index is 12.6. The van der Waals surface area contributed by atoms with E-state index >= 15 is 0 Å². The number of halogens is 5. The number of aliphatic carboxylic acids is 4. The zero-order valence-electron chi connectivity index (χ0n) is 56.7. The van der Waals surface area contributed by atoms with Crippen molar-refractivity contribution in [3.63, 3.8) is 0 Å². The average molecular weight is 1570 g/mol. The number of thioether (sulfide) groups is 3. The van der Waals surface area contributed by atoms with Crippen molar-refractivity contribution in [2.45, 2.75) is 40.4 Å². The number of carbonyl (C=O) groups is 8. The maximum Gasteiger partial charge on any atom is 0.331 e. The van der Waals surface area contributed by atoms with Crippen molar-refractivity contribution in [2.75, 3.05) is 17.3 Å². The molecule has 0 heterocycles. The van der Waals surface area contributed by atoms with E-state index in [-0.39, 0.29) is 66.8 Å². The summed E-state index contributed by atoms with van der Waals surface area (Å²) in [5.41, 5.74) is 9.82. The van der Waals surface area contributed by atoms with E-state index in [1.807, 2.05) is 224 Å². The van der Waals surface area contributed by atoms with Crippen LogP contribution >= 0.6 is 94.1 Å². The smallest absolute Gasteiger partial charge is 0.331 e. The highest BCUT2D eigenvalue weighted by atomic mass is 35.5. The third-order valence-corrected chi connectivity index (χ3v) is 20.7. The van der Waals surface area contributed by atoms with Crippen LogP contribution in [0.3, 0.4) is 0 Å². The molecule has 3 atom stereocenters. The van der Waals surface area contributed by atoms with E-state index in [0.29, 0.717) is 59.6 Å². The molecule has 11 rings (SSSR count). The quantitative estimate of drug-likeness (QED) is 0.0195. The van der Waals surface area contributed by atoms with Gasteiger partial charge in [-0.05, 0) is 129 Å². The fourth-order valence-electron chi connectivity index (χ4n) is 10.2. The third-order valence-electron chi connectivity index (χ3n) is 16.1. The molecule has 4 N–H and O–H groups in total. The van der Waals surface area contributed by atoms with Gasteiger partial charge < -0.3 is 20.4 Å². The van der Waals surface area contributed by atoms with Crippen LogP contribution in [0.5, 0.6) is 0 Å². The molecule has 0 bridgehead atoms. The highest BCUT2D eigenvalue weighted by Crippen LogP contribution is 2.31. The lowest BCUT2D eigenvalue weighted by atomic mass is 9.97. The van der Waals surface area contributed by atoms with Crippen LogP contribution < -0.4 is 0 Å². The van der Waals surface area contributed by atoms with Gasteiger partial charge in [-0.1, -0.05) is 253 Å². The number of ketones is 4. The Morgan fingerprint density at radius 2 is 0.472 bits per heavy atom. The Morgan fingerprint density at radius 3 is 0.660 bits per heavy atom. The number of hydrogen-bond acceptors (Lipinski definition) is 11. The lowest BCUT2D eigenvalue weighted by Crippen LogP contribution is -2.20. The molecule has 0 aromatic heterocycles. The topological polar surface area (TPSA) is 217 Å². The zero-order chi connectivity index (χ0) is 75.2. The van der Waals surface area contributed by atoms with Crippen LogP contribution in [0.2, 0.25) is 20.1 Å². The first-order chi connectivity index (χ1) is 50.5. The average Bonchev–Trinajstić information content (AvgIpc) is 0.859. The molecule has 0 amide bonds. The summed E-state index contributed by atoms with van der Waals surface area (Å²) in [6.45, 7) is 3.36. The Bertz CT molecular complexity index is 4330. The molecule has 0 radical (unpaired) electrons. The van der Waals surface area contributed by atoms with Crippen molar-refractivity contribution in [2.24, 2.45) is 17.8 Å². The molecule has 3 unspecified atom stereocenters. The second-order valence-electron chi connectivity index (χ2n) is 23.7. The first-order valence-electron chi connectivity index (χ1n) is 32.8. The highest BCUT2D eigenvalue weighted by molar-refractivity contribution is 7.99. The first kappa shape index (κ1) is 83.5. The number of rotatable bonds is 29. The second-order valence-corrected chi connectivity index (χ2v) is 28.7. The summed E-state index contributed by atoms with van der Waals surface area (Å²) in [4.78, 5) is 98.0. The van der Waals surface area contributed by atoms with Crippen molar-refractivity contribution < 1.29 is 58.8 Å². The Hall–Kier alpha value is -9.78. The summed E-state index contributed by atoms with van der Waals surface area (Å²) >= 11 is 27.9. The monoisotopic (exact) mass is 1570 g/mol. The minimum absolute atomic E-state index is 0. The van der Waals surface area contributed by atoms with Crippen molar-refractivity contribution in [3.05, 3.63) is 340 Å². The molecule has 0 aliphatic heterocycles. The number of hydrogen-bond donors (Lipinski definition) is 4. The summed E-state index contributed by atoms with van der Waals surface area (Å²) in [5.74, 6) is -5.87. The van der Waals surface area contributed by atoms with Gasteiger partial charge in [0.1, 0.15) is 0 Å². The largest absolute Gasteiger partial charge is 0.481 e. The summed E-state index contributed by atoms with van der Waals surface area (Å²) in [5, 5.41) is 39.9. The van der Waals surface area contributed by atoms with Crippen molar-refractivity contribution in [1.82, 2.24) is 0 Å². The van der Waals surface area contributed by atoms with E-state index in [0.717, 1.165) is 59.2 Å². The summed E-state index contributed by atoms with van der Waals surface area (Å²) in [7, 11) is 0. The summed E-state index contributed by atoms with van der Waals surface area (Å²) < 4.78 is 0. The van der Waals surface area contributed by atoms with E-state index in [2.05, 4.69) is 6.58 Å². The van der Waals surface area contributed by atoms with Crippen LogP contribution in [0.4, 0.5) is 0 Å². The lowest BCUT2D eigenvalue weighted by Gasteiger charge is -2.12. The number of benzene rings is 11. The van der Waals surface area contributed by atoms with Crippen LogP contribution in [-0.4, -0.2) is 84.7 Å². The van der Waals surface area contributed by atoms with Gasteiger partial charge in [0.05, 0.1) is 17.8 Å². The molecule has 0 aliphatic rings. The molecule has 0 saturated heterocycles. The van der Waals surface area contributed by atoms with Crippen LogP contribution in [0, 0.1) is 17.8 Å². The summed E-state index contributed by atoms with van der Waals surface area (Å²) in [6.07, 6.45) is -0.240. The Morgan fingerprint density at radius 1 is 0.283 bits per heavy atom. The van der Waals surface area contributed by atoms with E-state index in [4.69, 9.17) is 51.5 Å². The number of carbonyl (C=O) groups excluding carboxylic acids is 4. The standard InChI is InChI=1S/3C23H19ClO3S.C17H13ClO3.ClH/c3*24-20-12-10-17(11-13-20)16-6-8-18(9-7-16)22(25)14-19(23(26)27)15-28-21-4-2-1-3-5-21;1-11(17(20)21)10-16(19)14-4-2-12(3-5-14)13-6-8-15(18)9-7-13;/h3*1-13,19H,14-15H2,(H,26,27);2-9H,1,10H2,(H,20,21);1H. The molecule has 20 heteroatoms. The molecular formula is C86H71Cl5O12S3. The summed E-state index contributed by atoms with van der Waals surface area (Å²) in [6, 6.07) is 87.2. The van der Waals surface area contributed by atoms with Gasteiger partial charge in [-0.2, -0.15) is 0 Å². The van der Waals surface area contributed by atoms with Crippen molar-refractivity contribution >= 4 is 141 Å². The van der Waals surface area contributed by atoms with E-state index in [9.17, 15) is 53.7 Å². The highest BCUT2D eigenvalue weighted by Gasteiger charge is 2.26. The molecule has 106 heavy (non-hydrogen) atoms. The zero-order valence-corrected chi connectivity index (χ0v) is 63.0. The number of carboxylic acid groups (broad SMARTS) is 4. The third kappa shape index (κ3) is 27.3. The first-order valence-corrected chi connectivity index (χ1v) is 37.2.